The van der Waals surface area contributed by atoms with Crippen LogP contribution < -0.4 is 0 Å². The summed E-state index contributed by atoms with van der Waals surface area (Å²) in [5.41, 5.74) is 0. The molecule has 0 fully saturated rings. The normalized spacial score (nSPS) is 12.3. The number of rotatable bonds is 0. The van der Waals surface area contributed by atoms with Crippen LogP contribution in [0.5, 0.6) is 0 Å². The van der Waals surface area contributed by atoms with Crippen LogP contribution in [0, 0.1) is 41.7 Å². The molecule has 0 amide bonds. The zero-order valence-electron chi connectivity index (χ0n) is 30.5. The summed E-state index contributed by atoms with van der Waals surface area (Å²) in [6.45, 7) is 0. The van der Waals surface area contributed by atoms with Crippen LogP contribution in [-0.4, -0.2) is 0 Å². The zero-order chi connectivity index (χ0) is 36.5. The maximum absolute atomic E-state index is 2.36. The zero-order valence-corrected chi connectivity index (χ0v) is 30.5. The second-order valence-electron chi connectivity index (χ2n) is 15.4. The third kappa shape index (κ3) is 3.78. The summed E-state index contributed by atoms with van der Waals surface area (Å²) in [5, 5.41) is 30.7. The first-order valence-corrected chi connectivity index (χ1v) is 19.6. The van der Waals surface area contributed by atoms with Crippen LogP contribution in [-0.2, 0) is 0 Å². The van der Waals surface area contributed by atoms with E-state index in [0.717, 1.165) is 0 Å². The molecule has 0 spiro atoms. The topological polar surface area (TPSA) is 0 Å². The minimum absolute atomic E-state index is 1.27. The van der Waals surface area contributed by atoms with Crippen molar-refractivity contribution in [3.63, 3.8) is 0 Å². The van der Waals surface area contributed by atoms with E-state index < -0.39 is 0 Å². The van der Waals surface area contributed by atoms with Gasteiger partial charge in [0.15, 0.2) is 0 Å². The van der Waals surface area contributed by atoms with Crippen molar-refractivity contribution in [1.82, 2.24) is 0 Å². The molecule has 10 aliphatic rings. The van der Waals surface area contributed by atoms with Gasteiger partial charge >= 0.3 is 0 Å². The van der Waals surface area contributed by atoms with Gasteiger partial charge in [-0.2, -0.15) is 0 Å². The van der Waals surface area contributed by atoms with Crippen molar-refractivity contribution in [2.24, 2.45) is 0 Å². The van der Waals surface area contributed by atoms with Gasteiger partial charge < -0.3 is 0 Å². The molecule has 12 aromatic rings. The molecule has 10 aliphatic carbocycles. The van der Waals surface area contributed by atoms with Crippen LogP contribution in [0.3, 0.4) is 0 Å². The van der Waals surface area contributed by atoms with Gasteiger partial charge in [0.05, 0.1) is 0 Å². The largest absolute Gasteiger partial charge is 0.0616 e. The molecule has 0 aliphatic heterocycles. The van der Waals surface area contributed by atoms with Gasteiger partial charge in [0.1, 0.15) is 0 Å². The second-order valence-corrected chi connectivity index (χ2v) is 15.4. The highest BCUT2D eigenvalue weighted by Crippen LogP contribution is 2.40. The van der Waals surface area contributed by atoms with E-state index in [1.54, 1.807) is 0 Å². The highest BCUT2D eigenvalue weighted by atomic mass is 14.2. The van der Waals surface area contributed by atoms with Crippen LogP contribution in [0.1, 0.15) is 0 Å². The Balaban J connectivity index is 1.66. The average molecular weight is 705 g/mol. The van der Waals surface area contributed by atoms with Crippen molar-refractivity contribution in [2.75, 3.05) is 0 Å². The van der Waals surface area contributed by atoms with Crippen LogP contribution in [0.25, 0.3) is 86.2 Å². The Labute approximate surface area is 320 Å². The third-order valence-corrected chi connectivity index (χ3v) is 12.7. The van der Waals surface area contributed by atoms with Crippen molar-refractivity contribution >= 4 is 86.2 Å². The third-order valence-electron chi connectivity index (χ3n) is 12.7. The molecule has 0 aromatic heterocycles. The molecule has 22 rings (SSSR count). The predicted octanol–water partition coefficient (Wildman–Crippen LogP) is 14.4. The highest BCUT2D eigenvalue weighted by molar-refractivity contribution is 6.11. The Morgan fingerprint density at radius 1 is 0.107 bits per heavy atom. The summed E-state index contributed by atoms with van der Waals surface area (Å²) in [5.74, 6) is 0. The molecule has 56 heavy (non-hydrogen) atoms. The SMILES string of the molecule is c1ccc2c3c4ccccc4c(c2c1)=c1c2ccccc2c(c2ccccc12)=c1c2ccccc2c(c2ccccc12)=c1c2ccccc2c=3c2ccccc12. The molecule has 0 unspecified atom stereocenters. The number of benzene rings is 12. The van der Waals surface area contributed by atoms with E-state index in [4.69, 9.17) is 0 Å². The van der Waals surface area contributed by atoms with Crippen molar-refractivity contribution in [3.05, 3.63) is 236 Å². The highest BCUT2D eigenvalue weighted by Gasteiger charge is 2.17. The quantitative estimate of drug-likeness (QED) is 0.138. The van der Waals surface area contributed by atoms with Gasteiger partial charge in [-0.05, 0) is 128 Å². The Bertz CT molecular complexity index is 3100. The van der Waals surface area contributed by atoms with Gasteiger partial charge in [0, 0.05) is 0 Å². The second kappa shape index (κ2) is 11.1. The Kier molecular flexibility index (Phi) is 5.98. The first kappa shape index (κ1) is 30.1. The fraction of sp³-hybridized carbons (Fsp3) is 0. The minimum Gasteiger partial charge on any atom is -0.0616 e. The summed E-state index contributed by atoms with van der Waals surface area (Å²) >= 11 is 0. The van der Waals surface area contributed by atoms with Crippen LogP contribution in [0.4, 0.5) is 0 Å². The maximum atomic E-state index is 2.36. The fourth-order valence-corrected chi connectivity index (χ4v) is 10.7. The number of hydrogen-bond donors (Lipinski definition) is 0. The van der Waals surface area contributed by atoms with Crippen molar-refractivity contribution in [3.8, 4) is 0 Å². The van der Waals surface area contributed by atoms with Gasteiger partial charge in [0.25, 0.3) is 0 Å². The van der Waals surface area contributed by atoms with Crippen LogP contribution in [0.15, 0.2) is 194 Å². The van der Waals surface area contributed by atoms with Gasteiger partial charge in [-0.15, -0.1) is 0 Å². The molecule has 8 bridgehead atoms. The Hall–Kier alpha value is -7.28. The van der Waals surface area contributed by atoms with E-state index in [0.29, 0.717) is 0 Å². The lowest BCUT2D eigenvalue weighted by Gasteiger charge is -2.16. The first-order valence-electron chi connectivity index (χ1n) is 19.6. The molecule has 0 heterocycles. The summed E-state index contributed by atoms with van der Waals surface area (Å²) in [4.78, 5) is 0. The molecule has 0 radical (unpaired) electrons. The Morgan fingerprint density at radius 2 is 0.179 bits per heavy atom. The summed E-state index contributed by atoms with van der Waals surface area (Å²) < 4.78 is 0. The standard InChI is InChI=1S/C56H32/c1-2-18-34-33(17-1)49-35-19-3-4-20-36(35)50(34)52-41-25-9-11-27-43(41)54(44-28-12-10-26-42(44)52)56-47-31-15-13-29-45(47)55(46-30-14-16-32-48(46)56)53-39-23-7-5-21-37(39)51(49)38-22-6-8-24-40(38)53/h1-32H. The molecule has 0 heteroatoms. The van der Waals surface area contributed by atoms with Crippen molar-refractivity contribution < 1.29 is 0 Å². The fourth-order valence-electron chi connectivity index (χ4n) is 10.7. The van der Waals surface area contributed by atoms with Crippen LogP contribution in [0.2, 0.25) is 0 Å². The molecule has 0 saturated carbocycles. The van der Waals surface area contributed by atoms with Gasteiger partial charge in [-0.25, -0.2) is 0 Å². The van der Waals surface area contributed by atoms with E-state index in [1.807, 2.05) is 0 Å². The van der Waals surface area contributed by atoms with E-state index in [1.165, 1.54) is 128 Å². The van der Waals surface area contributed by atoms with Crippen molar-refractivity contribution in [1.29, 1.82) is 0 Å². The summed E-state index contributed by atoms with van der Waals surface area (Å²) in [6.07, 6.45) is 0. The molecule has 0 nitrogen and oxygen atoms in total. The molecular weight excluding hydrogens is 673 g/mol. The molecule has 256 valence electrons. The number of hydrogen-bond acceptors (Lipinski definition) is 0. The molecular formula is C56H32. The first-order chi connectivity index (χ1) is 27.9. The lowest BCUT2D eigenvalue weighted by atomic mass is 9.87. The predicted molar refractivity (Wildman–Crippen MR) is 237 cm³/mol. The average Bonchev–Trinajstić information content (AvgIpc) is 3.26. The van der Waals surface area contributed by atoms with E-state index in [2.05, 4.69) is 194 Å². The monoisotopic (exact) mass is 704 g/mol. The summed E-state index contributed by atoms with van der Waals surface area (Å²) in [7, 11) is 0. The molecule has 0 saturated heterocycles. The lowest BCUT2D eigenvalue weighted by Crippen LogP contribution is -1.95. The van der Waals surface area contributed by atoms with E-state index >= 15 is 0 Å². The molecule has 0 atom stereocenters. The lowest BCUT2D eigenvalue weighted by molar-refractivity contribution is 1.56. The van der Waals surface area contributed by atoms with Crippen LogP contribution >= 0.6 is 0 Å². The van der Waals surface area contributed by atoms with Gasteiger partial charge in [-0.1, -0.05) is 194 Å². The van der Waals surface area contributed by atoms with Gasteiger partial charge in [0.2, 0.25) is 0 Å². The Morgan fingerprint density at radius 3 is 0.250 bits per heavy atom. The van der Waals surface area contributed by atoms with Crippen molar-refractivity contribution in [2.45, 2.75) is 0 Å². The van der Waals surface area contributed by atoms with E-state index in [-0.39, 0.29) is 0 Å². The minimum atomic E-state index is 1.27. The molecule has 0 N–H and O–H groups in total. The smallest absolute Gasteiger partial charge is 0.00139 e. The maximum Gasteiger partial charge on any atom is -0.00139 e. The molecule has 12 aromatic carbocycles. The van der Waals surface area contributed by atoms with Gasteiger partial charge in [-0.3, -0.25) is 0 Å². The van der Waals surface area contributed by atoms with E-state index in [9.17, 15) is 0 Å². The summed E-state index contributed by atoms with van der Waals surface area (Å²) in [6, 6.07) is 73.3.